The van der Waals surface area contributed by atoms with Crippen LogP contribution in [-0.2, 0) is 0 Å². The average Bonchev–Trinajstić information content (AvgIpc) is 2.92. The highest BCUT2D eigenvalue weighted by molar-refractivity contribution is 7.80. The van der Waals surface area contributed by atoms with Gasteiger partial charge in [0.15, 0.2) is 10.2 Å². The molecule has 3 rings (SSSR count). The van der Waals surface area contributed by atoms with Gasteiger partial charge in [0.2, 0.25) is 0 Å². The molecule has 0 spiro atoms. The number of rotatable bonds is 9. The number of nitrogens with one attached hydrogen (secondary N) is 2. The number of hydrazone groups is 2. The Hall–Kier alpha value is -3.36. The van der Waals surface area contributed by atoms with Crippen LogP contribution in [0.15, 0.2) is 83.0 Å². The second kappa shape index (κ2) is 13.7. The van der Waals surface area contributed by atoms with Gasteiger partial charge in [-0.05, 0) is 62.9 Å². The monoisotopic (exact) mass is 518 g/mol. The summed E-state index contributed by atoms with van der Waals surface area (Å²) in [6.45, 7) is 11.5. The fraction of sp³-hybridized carbons (Fsp3) is 0.286. The molecule has 0 saturated carbocycles. The van der Waals surface area contributed by atoms with Gasteiger partial charge in [-0.15, -0.1) is 0 Å². The maximum atomic E-state index is 5.64. The molecule has 8 heteroatoms. The molecule has 0 aromatic heterocycles. The molecule has 3 aromatic rings. The van der Waals surface area contributed by atoms with E-state index < -0.39 is 0 Å². The molecule has 0 aliphatic carbocycles. The van der Waals surface area contributed by atoms with Gasteiger partial charge < -0.3 is 9.80 Å². The summed E-state index contributed by atoms with van der Waals surface area (Å²) in [7, 11) is 0. The molecule has 188 valence electrons. The highest BCUT2D eigenvalue weighted by Crippen LogP contribution is 2.21. The maximum absolute atomic E-state index is 5.64. The lowest BCUT2D eigenvalue weighted by atomic mass is 9.95. The number of hydrogen-bond donors (Lipinski definition) is 2. The van der Waals surface area contributed by atoms with Crippen LogP contribution in [0.25, 0.3) is 10.8 Å². The van der Waals surface area contributed by atoms with Crippen molar-refractivity contribution in [2.45, 2.75) is 27.7 Å². The predicted octanol–water partition coefficient (Wildman–Crippen LogP) is 5.38. The van der Waals surface area contributed by atoms with E-state index in [9.17, 15) is 0 Å². The largest absolute Gasteiger partial charge is 0.348 e. The van der Waals surface area contributed by atoms with Crippen molar-refractivity contribution in [1.82, 2.24) is 20.7 Å². The minimum absolute atomic E-state index is 0.566. The van der Waals surface area contributed by atoms with Gasteiger partial charge in [0.1, 0.15) is 11.4 Å². The number of nitrogens with zero attached hydrogens (tertiary/aromatic N) is 4. The fourth-order valence-electron chi connectivity index (χ4n) is 3.89. The molecule has 0 amide bonds. The van der Waals surface area contributed by atoms with Crippen molar-refractivity contribution in [2.24, 2.45) is 10.2 Å². The molecule has 0 aliphatic rings. The van der Waals surface area contributed by atoms with E-state index >= 15 is 0 Å². The Balaban J connectivity index is 2.18. The van der Waals surface area contributed by atoms with Gasteiger partial charge in [0.25, 0.3) is 0 Å². The van der Waals surface area contributed by atoms with Crippen LogP contribution in [0.3, 0.4) is 0 Å². The van der Waals surface area contributed by atoms with Crippen LogP contribution >= 0.6 is 24.4 Å². The molecule has 0 atom stereocenters. The fourth-order valence-corrected chi connectivity index (χ4v) is 4.50. The summed E-state index contributed by atoms with van der Waals surface area (Å²) in [5, 5.41) is 13.0. The van der Waals surface area contributed by atoms with Crippen LogP contribution in [0.1, 0.15) is 38.8 Å². The molecular formula is C28H34N6S2. The zero-order valence-electron chi connectivity index (χ0n) is 21.4. The zero-order chi connectivity index (χ0) is 25.9. The van der Waals surface area contributed by atoms with E-state index in [0.717, 1.165) is 48.1 Å². The molecule has 0 unspecified atom stereocenters. The van der Waals surface area contributed by atoms with Gasteiger partial charge in [0, 0.05) is 37.3 Å². The molecular weight excluding hydrogens is 484 g/mol. The number of hydrogen-bond acceptors (Lipinski definition) is 4. The van der Waals surface area contributed by atoms with Gasteiger partial charge in [0.05, 0.1) is 0 Å². The van der Waals surface area contributed by atoms with Crippen molar-refractivity contribution in [1.29, 1.82) is 0 Å². The van der Waals surface area contributed by atoms with Crippen molar-refractivity contribution in [3.8, 4) is 0 Å². The quantitative estimate of drug-likeness (QED) is 0.225. The lowest BCUT2D eigenvalue weighted by molar-refractivity contribution is 0.457. The molecule has 0 bridgehead atoms. The topological polar surface area (TPSA) is 55.3 Å². The summed E-state index contributed by atoms with van der Waals surface area (Å²) >= 11 is 11.3. The Morgan fingerprint density at radius 3 is 1.72 bits per heavy atom. The van der Waals surface area contributed by atoms with Crippen molar-refractivity contribution in [3.63, 3.8) is 0 Å². The minimum atomic E-state index is 0.566. The van der Waals surface area contributed by atoms with E-state index in [2.05, 4.69) is 62.8 Å². The highest BCUT2D eigenvalue weighted by Gasteiger charge is 2.19. The molecule has 36 heavy (non-hydrogen) atoms. The van der Waals surface area contributed by atoms with Crippen LogP contribution in [0.2, 0.25) is 0 Å². The standard InChI is InChI=1S/C28H34N6S2/c1-5-33(6-2)27(35)31-29-25(22-16-10-9-11-17-22)26(30-32-28(36)34(7-3)8-4)24-20-14-18-21-15-12-13-19-23(21)24/h9-20H,5-8H2,1-4H3,(H,31,35)(H,32,36)/b29-25+,30-26+. The second-order valence-electron chi connectivity index (χ2n) is 7.99. The summed E-state index contributed by atoms with van der Waals surface area (Å²) in [4.78, 5) is 4.09. The first-order valence-electron chi connectivity index (χ1n) is 12.3. The minimum Gasteiger partial charge on any atom is -0.348 e. The number of fused-ring (bicyclic) bond motifs is 1. The van der Waals surface area contributed by atoms with Crippen LogP contribution in [0.4, 0.5) is 0 Å². The summed E-state index contributed by atoms with van der Waals surface area (Å²) in [6, 6.07) is 24.4. The van der Waals surface area contributed by atoms with Gasteiger partial charge in [-0.25, -0.2) is 0 Å². The smallest absolute Gasteiger partial charge is 0.189 e. The molecule has 0 fully saturated rings. The summed E-state index contributed by atoms with van der Waals surface area (Å²) in [5.74, 6) is 0. The molecule has 0 aliphatic heterocycles. The molecule has 6 nitrogen and oxygen atoms in total. The maximum Gasteiger partial charge on any atom is 0.189 e. The van der Waals surface area contributed by atoms with E-state index in [1.165, 1.54) is 0 Å². The van der Waals surface area contributed by atoms with Crippen molar-refractivity contribution >= 4 is 56.9 Å². The van der Waals surface area contributed by atoms with Gasteiger partial charge in [-0.3, -0.25) is 10.9 Å². The zero-order valence-corrected chi connectivity index (χ0v) is 23.0. The van der Waals surface area contributed by atoms with E-state index in [4.69, 9.17) is 34.6 Å². The number of thiocarbonyl (C=S) groups is 2. The van der Waals surface area contributed by atoms with Crippen molar-refractivity contribution in [3.05, 3.63) is 83.9 Å². The first kappa shape index (κ1) is 27.2. The second-order valence-corrected chi connectivity index (χ2v) is 8.77. The third kappa shape index (κ3) is 6.65. The Morgan fingerprint density at radius 2 is 1.14 bits per heavy atom. The van der Waals surface area contributed by atoms with Crippen LogP contribution in [0, 0.1) is 0 Å². The molecule has 2 N–H and O–H groups in total. The van der Waals surface area contributed by atoms with Crippen LogP contribution < -0.4 is 10.9 Å². The summed E-state index contributed by atoms with van der Waals surface area (Å²) in [5.41, 5.74) is 9.42. The lowest BCUT2D eigenvalue weighted by Crippen LogP contribution is -2.39. The molecule has 0 heterocycles. The van der Waals surface area contributed by atoms with Gasteiger partial charge in [-0.2, -0.15) is 10.2 Å². The molecule has 0 saturated heterocycles. The van der Waals surface area contributed by atoms with Crippen LogP contribution in [0.5, 0.6) is 0 Å². The SMILES string of the molecule is CCN(CC)C(=S)N/N=C(/C(=N/NC(=S)N(CC)CC)c1cccc2ccccc12)c1ccccc1. The lowest BCUT2D eigenvalue weighted by Gasteiger charge is -2.22. The van der Waals surface area contributed by atoms with Crippen molar-refractivity contribution in [2.75, 3.05) is 26.2 Å². The van der Waals surface area contributed by atoms with Gasteiger partial charge >= 0.3 is 0 Å². The average molecular weight is 519 g/mol. The predicted molar refractivity (Wildman–Crippen MR) is 161 cm³/mol. The molecule has 0 radical (unpaired) electrons. The first-order chi connectivity index (χ1) is 17.5. The highest BCUT2D eigenvalue weighted by atomic mass is 32.1. The van der Waals surface area contributed by atoms with E-state index in [-0.39, 0.29) is 0 Å². The van der Waals surface area contributed by atoms with Gasteiger partial charge in [-0.1, -0.05) is 72.8 Å². The third-order valence-electron chi connectivity index (χ3n) is 5.94. The Bertz CT molecular complexity index is 1230. The Morgan fingerprint density at radius 1 is 0.639 bits per heavy atom. The normalized spacial score (nSPS) is 11.8. The Kier molecular flexibility index (Phi) is 10.3. The van der Waals surface area contributed by atoms with Crippen molar-refractivity contribution < 1.29 is 0 Å². The van der Waals surface area contributed by atoms with Crippen LogP contribution in [-0.4, -0.2) is 57.6 Å². The van der Waals surface area contributed by atoms with E-state index in [0.29, 0.717) is 21.6 Å². The van der Waals surface area contributed by atoms with E-state index in [1.807, 2.05) is 58.3 Å². The number of benzene rings is 3. The summed E-state index contributed by atoms with van der Waals surface area (Å²) in [6.07, 6.45) is 0. The molecule has 3 aromatic carbocycles. The van der Waals surface area contributed by atoms with E-state index in [1.54, 1.807) is 0 Å². The Labute approximate surface area is 225 Å². The summed E-state index contributed by atoms with van der Waals surface area (Å²) < 4.78 is 0. The first-order valence-corrected chi connectivity index (χ1v) is 13.1. The third-order valence-corrected chi connectivity index (χ3v) is 6.64.